The Balaban J connectivity index is 1.47. The van der Waals surface area contributed by atoms with Crippen molar-refractivity contribution in [3.8, 4) is 11.5 Å². The van der Waals surface area contributed by atoms with Gasteiger partial charge in [-0.25, -0.2) is 26.5 Å². The summed E-state index contributed by atoms with van der Waals surface area (Å²) in [5.74, 6) is -0.0465. The summed E-state index contributed by atoms with van der Waals surface area (Å²) in [6.45, 7) is 0.914. The summed E-state index contributed by atoms with van der Waals surface area (Å²) in [6.07, 6.45) is 0.600. The van der Waals surface area contributed by atoms with Gasteiger partial charge in [0.05, 0.1) is 37.5 Å². The second-order valence-electron chi connectivity index (χ2n) is 9.69. The molecule has 8 nitrogen and oxygen atoms in total. The number of likely N-dealkylation sites (tertiary alicyclic amines) is 1. The van der Waals surface area contributed by atoms with Crippen molar-refractivity contribution in [3.63, 3.8) is 0 Å². The van der Waals surface area contributed by atoms with E-state index in [2.05, 4.69) is 10.3 Å². The average molecular weight is 635 g/mol. The summed E-state index contributed by atoms with van der Waals surface area (Å²) in [5.41, 5.74) is 1.64. The Morgan fingerprint density at radius 2 is 1.90 bits per heavy atom. The largest absolute Gasteiger partial charge is 0.497 e. The molecule has 0 bridgehead atoms. The zero-order valence-electron chi connectivity index (χ0n) is 22.8. The molecule has 13 heteroatoms. The van der Waals surface area contributed by atoms with Gasteiger partial charge in [-0.2, -0.15) is 0 Å². The third kappa shape index (κ3) is 6.46. The Morgan fingerprint density at radius 1 is 1.14 bits per heavy atom. The van der Waals surface area contributed by atoms with Gasteiger partial charge in [0.2, 0.25) is 0 Å². The molecular formula is C29H29ClF2N4O4S2. The van der Waals surface area contributed by atoms with Gasteiger partial charge in [-0.3, -0.25) is 4.90 Å². The van der Waals surface area contributed by atoms with Crippen molar-refractivity contribution in [1.82, 2.24) is 9.88 Å². The number of alkyl halides is 1. The van der Waals surface area contributed by atoms with Crippen LogP contribution in [0.1, 0.15) is 17.2 Å². The number of sulfonamides is 1. The molecule has 1 aliphatic heterocycles. The van der Waals surface area contributed by atoms with Gasteiger partial charge in [-0.05, 0) is 29.8 Å². The number of thiazole rings is 1. The van der Waals surface area contributed by atoms with Crippen LogP contribution in [0.15, 0.2) is 77.1 Å². The maximum Gasteiger partial charge on any atom is 0.269 e. The molecule has 1 atom stereocenters. The van der Waals surface area contributed by atoms with Crippen LogP contribution in [0.25, 0.3) is 0 Å². The van der Waals surface area contributed by atoms with Gasteiger partial charge in [0, 0.05) is 42.8 Å². The molecule has 1 N–H and O–H groups in total. The summed E-state index contributed by atoms with van der Waals surface area (Å²) < 4.78 is 68.9. The van der Waals surface area contributed by atoms with E-state index in [1.807, 2.05) is 35.2 Å². The molecule has 1 aliphatic rings. The SMILES string of the molecule is COc1ccc(CN(c2nccs2)S(=O)(=O)c2cc(Cl)c(N[C@H](CN3CC(F)C3)c3ccccc3)cc2F)c(OC)c1. The van der Waals surface area contributed by atoms with Crippen molar-refractivity contribution in [3.05, 3.63) is 94.2 Å². The van der Waals surface area contributed by atoms with Crippen molar-refractivity contribution < 1.29 is 26.7 Å². The van der Waals surface area contributed by atoms with Crippen LogP contribution in [0.4, 0.5) is 19.6 Å². The van der Waals surface area contributed by atoms with Gasteiger partial charge < -0.3 is 14.8 Å². The summed E-state index contributed by atoms with van der Waals surface area (Å²) in [4.78, 5) is 5.53. The van der Waals surface area contributed by atoms with E-state index < -0.39 is 26.9 Å². The molecule has 0 spiro atoms. The summed E-state index contributed by atoms with van der Waals surface area (Å²) in [5, 5.41) is 5.03. The average Bonchev–Trinajstić information content (AvgIpc) is 3.51. The highest BCUT2D eigenvalue weighted by atomic mass is 35.5. The van der Waals surface area contributed by atoms with Gasteiger partial charge in [0.1, 0.15) is 28.4 Å². The standard InChI is InChI=1S/C29H29ClF2N4O4S2/c1-39-22-9-8-20(27(12-22)40-2)15-36(29-33-10-11-41-29)42(37,38)28-13-23(30)25(14-24(28)32)34-26(18-35-16-21(31)17-35)19-6-4-3-5-7-19/h3-14,21,26,34H,15-18H2,1-2H3/t26-/m1/s1. The van der Waals surface area contributed by atoms with E-state index in [0.717, 1.165) is 33.3 Å². The predicted molar refractivity (Wildman–Crippen MR) is 161 cm³/mol. The number of benzene rings is 3. The lowest BCUT2D eigenvalue weighted by Crippen LogP contribution is -2.50. The summed E-state index contributed by atoms with van der Waals surface area (Å²) in [7, 11) is -1.50. The van der Waals surface area contributed by atoms with Gasteiger partial charge in [-0.15, -0.1) is 11.3 Å². The zero-order chi connectivity index (χ0) is 29.9. The number of anilines is 2. The number of nitrogens with zero attached hydrogens (tertiary/aromatic N) is 3. The van der Waals surface area contributed by atoms with Gasteiger partial charge >= 0.3 is 0 Å². The van der Waals surface area contributed by atoms with Crippen molar-refractivity contribution in [2.24, 2.45) is 0 Å². The maximum absolute atomic E-state index is 15.7. The van der Waals surface area contributed by atoms with Crippen LogP contribution < -0.4 is 19.1 Å². The Bertz CT molecular complexity index is 1620. The third-order valence-electron chi connectivity index (χ3n) is 6.92. The monoisotopic (exact) mass is 634 g/mol. The molecule has 4 aromatic rings. The molecule has 0 saturated carbocycles. The fourth-order valence-corrected chi connectivity index (χ4v) is 7.33. The molecule has 3 aromatic carbocycles. The highest BCUT2D eigenvalue weighted by Crippen LogP contribution is 2.36. The van der Waals surface area contributed by atoms with Crippen LogP contribution in [0.5, 0.6) is 11.5 Å². The highest BCUT2D eigenvalue weighted by molar-refractivity contribution is 7.93. The van der Waals surface area contributed by atoms with Gasteiger partial charge in [-0.1, -0.05) is 41.9 Å². The van der Waals surface area contributed by atoms with Crippen LogP contribution in [-0.4, -0.2) is 58.3 Å². The minimum Gasteiger partial charge on any atom is -0.497 e. The second kappa shape index (κ2) is 12.8. The molecule has 0 unspecified atom stereocenters. The van der Waals surface area contributed by atoms with Crippen LogP contribution >= 0.6 is 22.9 Å². The first-order chi connectivity index (χ1) is 20.2. The number of methoxy groups -OCH3 is 2. The molecule has 1 saturated heterocycles. The van der Waals surface area contributed by atoms with Crippen LogP contribution in [0.3, 0.4) is 0 Å². The number of halogens is 3. The minimum atomic E-state index is -4.48. The molecule has 5 rings (SSSR count). The molecule has 2 heterocycles. The molecule has 0 radical (unpaired) electrons. The third-order valence-corrected chi connectivity index (χ3v) is 9.89. The number of hydrogen-bond donors (Lipinski definition) is 1. The molecule has 1 fully saturated rings. The fourth-order valence-electron chi connectivity index (χ4n) is 4.71. The van der Waals surface area contributed by atoms with E-state index >= 15 is 4.39 Å². The first kappa shape index (κ1) is 30.0. The van der Waals surface area contributed by atoms with E-state index in [4.69, 9.17) is 21.1 Å². The molecular weight excluding hydrogens is 606 g/mol. The number of aromatic nitrogens is 1. The highest BCUT2D eigenvalue weighted by Gasteiger charge is 2.33. The molecule has 42 heavy (non-hydrogen) atoms. The molecule has 0 amide bonds. The molecule has 222 valence electrons. The fraction of sp³-hybridized carbons (Fsp3) is 0.276. The lowest BCUT2D eigenvalue weighted by Gasteiger charge is -2.37. The zero-order valence-corrected chi connectivity index (χ0v) is 25.2. The van der Waals surface area contributed by atoms with Crippen molar-refractivity contribution in [1.29, 1.82) is 0 Å². The topological polar surface area (TPSA) is 84.0 Å². The quantitative estimate of drug-likeness (QED) is 0.200. The van der Waals surface area contributed by atoms with E-state index in [-0.39, 0.29) is 28.4 Å². The van der Waals surface area contributed by atoms with Crippen LogP contribution in [0, 0.1) is 5.82 Å². The number of nitrogens with one attached hydrogen (secondary N) is 1. The van der Waals surface area contributed by atoms with E-state index in [1.54, 1.807) is 23.6 Å². The lowest BCUT2D eigenvalue weighted by atomic mass is 10.0. The van der Waals surface area contributed by atoms with Gasteiger partial charge in [0.25, 0.3) is 10.0 Å². The second-order valence-corrected chi connectivity index (χ2v) is 12.8. The van der Waals surface area contributed by atoms with E-state index in [9.17, 15) is 12.8 Å². The van der Waals surface area contributed by atoms with E-state index in [1.165, 1.54) is 20.4 Å². The first-order valence-corrected chi connectivity index (χ1v) is 15.7. The van der Waals surface area contributed by atoms with Crippen molar-refractivity contribution in [2.45, 2.75) is 23.7 Å². The predicted octanol–water partition coefficient (Wildman–Crippen LogP) is 6.16. The normalized spacial score (nSPS) is 14.7. The smallest absolute Gasteiger partial charge is 0.269 e. The Kier molecular flexibility index (Phi) is 9.16. The minimum absolute atomic E-state index is 0.0176. The Labute approximate surface area is 252 Å². The maximum atomic E-state index is 15.7. The van der Waals surface area contributed by atoms with Crippen LogP contribution in [0.2, 0.25) is 5.02 Å². The Hall–Kier alpha value is -3.45. The number of ether oxygens (including phenoxy) is 2. The number of rotatable bonds is 12. The molecule has 1 aromatic heterocycles. The summed E-state index contributed by atoms with van der Waals surface area (Å²) >= 11 is 7.68. The molecule has 0 aliphatic carbocycles. The van der Waals surface area contributed by atoms with Crippen molar-refractivity contribution >= 4 is 43.8 Å². The van der Waals surface area contributed by atoms with Crippen LogP contribution in [-0.2, 0) is 16.6 Å². The summed E-state index contributed by atoms with van der Waals surface area (Å²) in [6, 6.07) is 16.3. The Morgan fingerprint density at radius 3 is 2.55 bits per heavy atom. The van der Waals surface area contributed by atoms with Gasteiger partial charge in [0.15, 0.2) is 5.13 Å². The van der Waals surface area contributed by atoms with E-state index in [0.29, 0.717) is 36.7 Å². The number of hydrogen-bond acceptors (Lipinski definition) is 8. The lowest BCUT2D eigenvalue weighted by molar-refractivity contribution is 0.0622. The van der Waals surface area contributed by atoms with Crippen molar-refractivity contribution in [2.75, 3.05) is 43.5 Å². The first-order valence-electron chi connectivity index (χ1n) is 13.0.